The van der Waals surface area contributed by atoms with Crippen molar-refractivity contribution in [1.29, 1.82) is 0 Å². The number of nitro groups is 1. The van der Waals surface area contributed by atoms with Crippen LogP contribution in [0.15, 0.2) is 29.2 Å². The molecule has 1 aromatic rings. The van der Waals surface area contributed by atoms with E-state index in [1.165, 1.54) is 24.3 Å². The van der Waals surface area contributed by atoms with Gasteiger partial charge in [-0.25, -0.2) is 8.42 Å². The van der Waals surface area contributed by atoms with Crippen molar-refractivity contribution in [2.75, 3.05) is 19.0 Å². The molecule has 0 aromatic heterocycles. The maximum absolute atomic E-state index is 12.1. The lowest BCUT2D eigenvalue weighted by Gasteiger charge is -2.22. The van der Waals surface area contributed by atoms with Crippen LogP contribution in [0.1, 0.15) is 12.8 Å². The SMILES string of the molecule is O=[N+]([O-])c1ccc(S(=O)(=O)CCC2OCCCO2)cc1. The Morgan fingerprint density at radius 2 is 1.80 bits per heavy atom. The second-order valence-electron chi connectivity index (χ2n) is 4.38. The highest BCUT2D eigenvalue weighted by atomic mass is 32.2. The molecule has 2 rings (SSSR count). The molecule has 1 fully saturated rings. The van der Waals surface area contributed by atoms with Crippen molar-refractivity contribution in [1.82, 2.24) is 0 Å². The lowest BCUT2D eigenvalue weighted by atomic mass is 10.3. The third kappa shape index (κ3) is 3.75. The zero-order chi connectivity index (χ0) is 14.6. The van der Waals surface area contributed by atoms with Gasteiger partial charge in [0.05, 0.1) is 28.8 Å². The summed E-state index contributed by atoms with van der Waals surface area (Å²) < 4.78 is 34.7. The number of rotatable bonds is 5. The minimum Gasteiger partial charge on any atom is -0.353 e. The third-order valence-corrected chi connectivity index (χ3v) is 4.69. The van der Waals surface area contributed by atoms with Gasteiger partial charge in [0, 0.05) is 18.6 Å². The van der Waals surface area contributed by atoms with E-state index in [0.29, 0.717) is 13.2 Å². The van der Waals surface area contributed by atoms with Gasteiger partial charge in [-0.1, -0.05) is 0 Å². The number of nitro benzene ring substituents is 1. The quantitative estimate of drug-likeness (QED) is 0.604. The normalized spacial score (nSPS) is 17.0. The minimum atomic E-state index is -3.48. The van der Waals surface area contributed by atoms with Gasteiger partial charge in [0.1, 0.15) is 0 Å². The number of benzene rings is 1. The maximum atomic E-state index is 12.1. The number of ether oxygens (including phenoxy) is 2. The second kappa shape index (κ2) is 6.29. The summed E-state index contributed by atoms with van der Waals surface area (Å²) >= 11 is 0. The monoisotopic (exact) mass is 301 g/mol. The van der Waals surface area contributed by atoms with Crippen molar-refractivity contribution < 1.29 is 22.8 Å². The first-order chi connectivity index (χ1) is 9.49. The Labute approximate surface area is 116 Å². The topological polar surface area (TPSA) is 95.7 Å². The molecule has 1 saturated heterocycles. The fraction of sp³-hybridized carbons (Fsp3) is 0.500. The third-order valence-electron chi connectivity index (χ3n) is 2.93. The predicted molar refractivity (Wildman–Crippen MR) is 70.1 cm³/mol. The van der Waals surface area contributed by atoms with Crippen LogP contribution in [0, 0.1) is 10.1 Å². The molecule has 0 N–H and O–H groups in total. The van der Waals surface area contributed by atoms with E-state index in [4.69, 9.17) is 9.47 Å². The van der Waals surface area contributed by atoms with Gasteiger partial charge in [0.15, 0.2) is 16.1 Å². The van der Waals surface area contributed by atoms with Crippen LogP contribution in [-0.2, 0) is 19.3 Å². The van der Waals surface area contributed by atoms with E-state index in [1.807, 2.05) is 0 Å². The number of nitrogens with zero attached hydrogens (tertiary/aromatic N) is 1. The van der Waals surface area contributed by atoms with E-state index in [9.17, 15) is 18.5 Å². The summed E-state index contributed by atoms with van der Waals surface area (Å²) in [6.45, 7) is 1.14. The van der Waals surface area contributed by atoms with Crippen LogP contribution in [0.25, 0.3) is 0 Å². The molecular formula is C12H15NO6S. The van der Waals surface area contributed by atoms with Crippen LogP contribution in [-0.4, -0.2) is 38.6 Å². The molecule has 0 bridgehead atoms. The van der Waals surface area contributed by atoms with Gasteiger partial charge in [-0.15, -0.1) is 0 Å². The Hall–Kier alpha value is -1.51. The molecule has 110 valence electrons. The van der Waals surface area contributed by atoms with E-state index < -0.39 is 21.1 Å². The molecule has 8 heteroatoms. The average molecular weight is 301 g/mol. The van der Waals surface area contributed by atoms with Crippen LogP contribution in [0.2, 0.25) is 0 Å². The van der Waals surface area contributed by atoms with Gasteiger partial charge in [-0.2, -0.15) is 0 Å². The van der Waals surface area contributed by atoms with Crippen molar-refractivity contribution in [3.05, 3.63) is 34.4 Å². The molecule has 0 radical (unpaired) electrons. The average Bonchev–Trinajstić information content (AvgIpc) is 2.46. The molecule has 0 amide bonds. The summed E-state index contributed by atoms with van der Waals surface area (Å²) in [6, 6.07) is 4.85. The van der Waals surface area contributed by atoms with Crippen LogP contribution >= 0.6 is 0 Å². The first-order valence-corrected chi connectivity index (χ1v) is 7.85. The van der Waals surface area contributed by atoms with Gasteiger partial charge in [-0.05, 0) is 18.6 Å². The molecule has 0 atom stereocenters. The maximum Gasteiger partial charge on any atom is 0.269 e. The Morgan fingerprint density at radius 1 is 1.20 bits per heavy atom. The van der Waals surface area contributed by atoms with Gasteiger partial charge in [0.2, 0.25) is 0 Å². The van der Waals surface area contributed by atoms with Crippen molar-refractivity contribution >= 4 is 15.5 Å². The number of hydrogen-bond donors (Lipinski definition) is 0. The molecule has 20 heavy (non-hydrogen) atoms. The smallest absolute Gasteiger partial charge is 0.269 e. The molecule has 0 aliphatic carbocycles. The lowest BCUT2D eigenvalue weighted by molar-refractivity contribution is -0.384. The summed E-state index contributed by atoms with van der Waals surface area (Å²) in [4.78, 5) is 10.0. The van der Waals surface area contributed by atoms with Crippen molar-refractivity contribution in [2.45, 2.75) is 24.0 Å². The standard InChI is InChI=1S/C12H15NO6S/c14-13(15)10-2-4-11(5-3-10)20(16,17)9-6-12-18-7-1-8-19-12/h2-5,12H,1,6-9H2. The second-order valence-corrected chi connectivity index (χ2v) is 6.49. The summed E-state index contributed by atoms with van der Waals surface area (Å²) in [6.07, 6.45) is 0.571. The Morgan fingerprint density at radius 3 is 2.35 bits per heavy atom. The first-order valence-electron chi connectivity index (χ1n) is 6.19. The number of non-ortho nitro benzene ring substituents is 1. The highest BCUT2D eigenvalue weighted by Gasteiger charge is 2.21. The van der Waals surface area contributed by atoms with E-state index in [0.717, 1.165) is 6.42 Å². The highest BCUT2D eigenvalue weighted by molar-refractivity contribution is 7.91. The van der Waals surface area contributed by atoms with Crippen LogP contribution in [0.3, 0.4) is 0 Å². The van der Waals surface area contributed by atoms with Gasteiger partial charge < -0.3 is 9.47 Å². The summed E-state index contributed by atoms with van der Waals surface area (Å²) in [7, 11) is -3.48. The van der Waals surface area contributed by atoms with Crippen molar-refractivity contribution in [3.8, 4) is 0 Å². The van der Waals surface area contributed by atoms with Gasteiger partial charge in [0.25, 0.3) is 5.69 Å². The molecule has 1 aliphatic heterocycles. The van der Waals surface area contributed by atoms with Gasteiger partial charge >= 0.3 is 0 Å². The molecule has 0 spiro atoms. The Kier molecular flexibility index (Phi) is 4.69. The van der Waals surface area contributed by atoms with Crippen molar-refractivity contribution in [3.63, 3.8) is 0 Å². The van der Waals surface area contributed by atoms with Crippen LogP contribution in [0.5, 0.6) is 0 Å². The van der Waals surface area contributed by atoms with E-state index in [1.54, 1.807) is 0 Å². The highest BCUT2D eigenvalue weighted by Crippen LogP contribution is 2.19. The molecule has 1 heterocycles. The molecular weight excluding hydrogens is 286 g/mol. The van der Waals surface area contributed by atoms with Crippen LogP contribution in [0.4, 0.5) is 5.69 Å². The Bertz CT molecular complexity index is 562. The van der Waals surface area contributed by atoms with E-state index in [2.05, 4.69) is 0 Å². The summed E-state index contributed by atoms with van der Waals surface area (Å²) in [5.41, 5.74) is -0.136. The molecule has 7 nitrogen and oxygen atoms in total. The largest absolute Gasteiger partial charge is 0.353 e. The van der Waals surface area contributed by atoms with Crippen LogP contribution < -0.4 is 0 Å². The van der Waals surface area contributed by atoms with E-state index >= 15 is 0 Å². The molecule has 0 saturated carbocycles. The zero-order valence-corrected chi connectivity index (χ0v) is 11.5. The number of hydrogen-bond acceptors (Lipinski definition) is 6. The minimum absolute atomic E-state index is 0.0684. The van der Waals surface area contributed by atoms with E-state index in [-0.39, 0.29) is 22.8 Å². The predicted octanol–water partition coefficient (Wildman–Crippen LogP) is 1.52. The van der Waals surface area contributed by atoms with Gasteiger partial charge in [-0.3, -0.25) is 10.1 Å². The first kappa shape index (κ1) is 14.9. The number of sulfone groups is 1. The van der Waals surface area contributed by atoms with Crippen molar-refractivity contribution in [2.24, 2.45) is 0 Å². The lowest BCUT2D eigenvalue weighted by Crippen LogP contribution is -2.27. The fourth-order valence-electron chi connectivity index (χ4n) is 1.85. The molecule has 0 unspecified atom stereocenters. The fourth-order valence-corrected chi connectivity index (χ4v) is 3.14. The molecule has 1 aliphatic rings. The summed E-state index contributed by atoms with van der Waals surface area (Å²) in [5.74, 6) is -0.116. The zero-order valence-electron chi connectivity index (χ0n) is 10.7. The summed E-state index contributed by atoms with van der Waals surface area (Å²) in [5, 5.41) is 10.5. The Balaban J connectivity index is 2.00. The molecule has 1 aromatic carbocycles.